The van der Waals surface area contributed by atoms with Crippen LogP contribution in [0, 0.1) is 0 Å². The molecule has 0 aliphatic carbocycles. The van der Waals surface area contributed by atoms with Crippen molar-refractivity contribution in [2.75, 3.05) is 30.7 Å². The van der Waals surface area contributed by atoms with E-state index in [2.05, 4.69) is 42.3 Å². The van der Waals surface area contributed by atoms with Gasteiger partial charge in [0.2, 0.25) is 0 Å². The van der Waals surface area contributed by atoms with E-state index in [9.17, 15) is 0 Å². The van der Waals surface area contributed by atoms with E-state index < -0.39 is 0 Å². The molecular formula is C16H25N3S2. The van der Waals surface area contributed by atoms with Crippen molar-refractivity contribution in [3.63, 3.8) is 0 Å². The molecule has 0 spiro atoms. The molecule has 0 bridgehead atoms. The zero-order chi connectivity index (χ0) is 15.2. The molecule has 1 unspecified atom stereocenters. The Bertz CT molecular complexity index is 484. The molecule has 21 heavy (non-hydrogen) atoms. The van der Waals surface area contributed by atoms with Crippen LogP contribution in [-0.4, -0.2) is 41.3 Å². The molecule has 1 atom stereocenters. The number of nitrogens with two attached hydrogens (primary N) is 1. The van der Waals surface area contributed by atoms with Crippen molar-refractivity contribution in [2.24, 2.45) is 5.73 Å². The number of nitrogens with one attached hydrogen (secondary N) is 1. The Morgan fingerprint density at radius 2 is 2.14 bits per heavy atom. The summed E-state index contributed by atoms with van der Waals surface area (Å²) in [5.41, 5.74) is 8.01. The van der Waals surface area contributed by atoms with Gasteiger partial charge in [0.05, 0.1) is 0 Å². The van der Waals surface area contributed by atoms with Gasteiger partial charge in [-0.1, -0.05) is 25.2 Å². The number of likely N-dealkylation sites (tertiary alicyclic amines) is 1. The van der Waals surface area contributed by atoms with Crippen LogP contribution >= 0.6 is 24.0 Å². The first-order chi connectivity index (χ1) is 10.1. The molecule has 2 rings (SSSR count). The summed E-state index contributed by atoms with van der Waals surface area (Å²) in [6, 6.07) is 6.64. The molecule has 0 radical (unpaired) electrons. The fourth-order valence-corrected chi connectivity index (χ4v) is 3.98. The van der Waals surface area contributed by atoms with E-state index in [1.165, 1.54) is 30.8 Å². The number of anilines is 1. The Morgan fingerprint density at radius 3 is 2.76 bits per heavy atom. The van der Waals surface area contributed by atoms with Crippen molar-refractivity contribution in [3.8, 4) is 0 Å². The number of hydrogen-bond donors (Lipinski definition) is 2. The minimum atomic E-state index is 0.387. The van der Waals surface area contributed by atoms with Crippen molar-refractivity contribution >= 4 is 34.7 Å². The number of rotatable bonds is 7. The van der Waals surface area contributed by atoms with Crippen LogP contribution in [0.1, 0.15) is 32.3 Å². The molecule has 1 aromatic rings. The Morgan fingerprint density at radius 1 is 1.43 bits per heavy atom. The SMILES string of the molecule is CCSc1cccc(NC(C)CN2CCCC2)c1C(N)=S. The third-order valence-electron chi connectivity index (χ3n) is 3.71. The van der Waals surface area contributed by atoms with Gasteiger partial charge in [-0.2, -0.15) is 0 Å². The third-order valence-corrected chi connectivity index (χ3v) is 4.85. The molecule has 3 N–H and O–H groups in total. The Labute approximate surface area is 137 Å². The maximum absolute atomic E-state index is 5.95. The summed E-state index contributed by atoms with van der Waals surface area (Å²) >= 11 is 7.05. The average Bonchev–Trinajstić information content (AvgIpc) is 2.91. The summed E-state index contributed by atoms with van der Waals surface area (Å²) in [5, 5.41) is 3.60. The predicted molar refractivity (Wildman–Crippen MR) is 97.5 cm³/mol. The fraction of sp³-hybridized carbons (Fsp3) is 0.562. The van der Waals surface area contributed by atoms with Crippen LogP contribution in [0.3, 0.4) is 0 Å². The second-order valence-electron chi connectivity index (χ2n) is 5.53. The van der Waals surface area contributed by atoms with Gasteiger partial charge in [-0.05, 0) is 50.7 Å². The number of thioether (sulfide) groups is 1. The lowest BCUT2D eigenvalue weighted by Crippen LogP contribution is -2.33. The lowest BCUT2D eigenvalue weighted by atomic mass is 10.1. The van der Waals surface area contributed by atoms with Crippen molar-refractivity contribution in [1.29, 1.82) is 0 Å². The summed E-state index contributed by atoms with van der Waals surface area (Å²) in [6.45, 7) is 7.88. The third kappa shape index (κ3) is 4.59. The predicted octanol–water partition coefficient (Wildman–Crippen LogP) is 3.33. The van der Waals surface area contributed by atoms with Crippen molar-refractivity contribution in [3.05, 3.63) is 23.8 Å². The summed E-state index contributed by atoms with van der Waals surface area (Å²) in [5.74, 6) is 1.02. The highest BCUT2D eigenvalue weighted by Gasteiger charge is 2.17. The standard InChI is InChI=1S/C16H25N3S2/c1-3-21-14-8-6-7-13(15(14)16(17)20)18-12(2)11-19-9-4-5-10-19/h6-8,12,18H,3-5,9-11H2,1-2H3,(H2,17,20). The summed E-state index contributed by atoms with van der Waals surface area (Å²) in [7, 11) is 0. The number of thiocarbonyl (C=S) groups is 1. The van der Waals surface area contributed by atoms with Crippen LogP contribution < -0.4 is 11.1 Å². The Kier molecular flexibility index (Phi) is 6.33. The maximum Gasteiger partial charge on any atom is 0.107 e. The van der Waals surface area contributed by atoms with Crippen LogP contribution in [0.5, 0.6) is 0 Å². The van der Waals surface area contributed by atoms with E-state index in [1.54, 1.807) is 11.8 Å². The first-order valence-electron chi connectivity index (χ1n) is 7.66. The largest absolute Gasteiger partial charge is 0.389 e. The minimum absolute atomic E-state index is 0.387. The van der Waals surface area contributed by atoms with Crippen LogP contribution in [0.2, 0.25) is 0 Å². The highest BCUT2D eigenvalue weighted by Crippen LogP contribution is 2.29. The normalized spacial score (nSPS) is 16.9. The van der Waals surface area contributed by atoms with Crippen LogP contribution in [0.15, 0.2) is 23.1 Å². The molecule has 0 amide bonds. The molecule has 5 heteroatoms. The summed E-state index contributed by atoms with van der Waals surface area (Å²) in [6.07, 6.45) is 2.65. The zero-order valence-electron chi connectivity index (χ0n) is 12.9. The van der Waals surface area contributed by atoms with Gasteiger partial charge in [0.1, 0.15) is 4.99 Å². The van der Waals surface area contributed by atoms with Crippen molar-refractivity contribution in [1.82, 2.24) is 4.90 Å². The number of hydrogen-bond acceptors (Lipinski definition) is 4. The van der Waals surface area contributed by atoms with E-state index in [0.29, 0.717) is 11.0 Å². The highest BCUT2D eigenvalue weighted by atomic mass is 32.2. The number of benzene rings is 1. The quantitative estimate of drug-likeness (QED) is 0.595. The Hall–Kier alpha value is -0.780. The van der Waals surface area contributed by atoms with E-state index in [4.69, 9.17) is 18.0 Å². The molecule has 3 nitrogen and oxygen atoms in total. The van der Waals surface area contributed by atoms with Gasteiger partial charge in [0, 0.05) is 28.7 Å². The van der Waals surface area contributed by atoms with Crippen molar-refractivity contribution < 1.29 is 0 Å². The number of nitrogens with zero attached hydrogens (tertiary/aromatic N) is 1. The minimum Gasteiger partial charge on any atom is -0.389 e. The molecule has 1 aliphatic heterocycles. The first kappa shape index (κ1) is 16.6. The molecule has 1 saturated heterocycles. The molecule has 0 aromatic heterocycles. The molecule has 1 aromatic carbocycles. The fourth-order valence-electron chi connectivity index (χ4n) is 2.84. The Balaban J connectivity index is 2.10. The lowest BCUT2D eigenvalue weighted by molar-refractivity contribution is 0.328. The molecule has 116 valence electrons. The van der Waals surface area contributed by atoms with E-state index in [-0.39, 0.29) is 0 Å². The summed E-state index contributed by atoms with van der Waals surface area (Å²) in [4.78, 5) is 4.16. The first-order valence-corrected chi connectivity index (χ1v) is 9.05. The van der Waals surface area contributed by atoms with Gasteiger partial charge in [-0.25, -0.2) is 0 Å². The second kappa shape index (κ2) is 8.01. The molecule has 1 aliphatic rings. The highest BCUT2D eigenvalue weighted by molar-refractivity contribution is 7.99. The van der Waals surface area contributed by atoms with E-state index in [0.717, 1.165) is 23.5 Å². The van der Waals surface area contributed by atoms with Gasteiger partial charge < -0.3 is 16.0 Å². The van der Waals surface area contributed by atoms with Gasteiger partial charge in [0.15, 0.2) is 0 Å². The zero-order valence-corrected chi connectivity index (χ0v) is 14.5. The summed E-state index contributed by atoms with van der Waals surface area (Å²) < 4.78 is 0. The van der Waals surface area contributed by atoms with E-state index >= 15 is 0 Å². The topological polar surface area (TPSA) is 41.3 Å². The van der Waals surface area contributed by atoms with Gasteiger partial charge >= 0.3 is 0 Å². The lowest BCUT2D eigenvalue weighted by Gasteiger charge is -2.24. The van der Waals surface area contributed by atoms with Crippen LogP contribution in [-0.2, 0) is 0 Å². The van der Waals surface area contributed by atoms with Gasteiger partial charge in [0.25, 0.3) is 0 Å². The van der Waals surface area contributed by atoms with Gasteiger partial charge in [-0.3, -0.25) is 0 Å². The molecule has 0 saturated carbocycles. The van der Waals surface area contributed by atoms with Crippen LogP contribution in [0.25, 0.3) is 0 Å². The van der Waals surface area contributed by atoms with E-state index in [1.807, 2.05) is 0 Å². The molecule has 1 fully saturated rings. The maximum atomic E-state index is 5.95. The smallest absolute Gasteiger partial charge is 0.107 e. The second-order valence-corrected chi connectivity index (χ2v) is 7.27. The van der Waals surface area contributed by atoms with Crippen LogP contribution in [0.4, 0.5) is 5.69 Å². The molecule has 1 heterocycles. The average molecular weight is 324 g/mol. The van der Waals surface area contributed by atoms with Gasteiger partial charge in [-0.15, -0.1) is 11.8 Å². The molecular weight excluding hydrogens is 298 g/mol. The van der Waals surface area contributed by atoms with Crippen molar-refractivity contribution in [2.45, 2.75) is 37.6 Å². The monoisotopic (exact) mass is 323 g/mol.